The predicted molar refractivity (Wildman–Crippen MR) is 109 cm³/mol. The van der Waals surface area contributed by atoms with Crippen molar-refractivity contribution in [1.82, 2.24) is 19.9 Å². The number of fused-ring (bicyclic) bond motifs is 8. The normalized spacial score (nSPS) is 12.2. The summed E-state index contributed by atoms with van der Waals surface area (Å²) in [7, 11) is 0. The maximum Gasteiger partial charge on any atom is 0.0659 e. The van der Waals surface area contributed by atoms with Crippen molar-refractivity contribution < 1.29 is 0 Å². The molecule has 2 aliphatic rings. The van der Waals surface area contributed by atoms with E-state index >= 15 is 0 Å². The molecule has 5 rings (SSSR count). The summed E-state index contributed by atoms with van der Waals surface area (Å²) in [6.07, 6.45) is 7.96. The molecule has 0 atom stereocenters. The van der Waals surface area contributed by atoms with E-state index in [1.54, 1.807) is 0 Å². The van der Waals surface area contributed by atoms with Crippen LogP contribution in [0.5, 0.6) is 0 Å². The molecular weight excluding hydrogens is 337 g/mol. The fourth-order valence-electron chi connectivity index (χ4n) is 3.04. The molecule has 0 spiro atoms. The van der Waals surface area contributed by atoms with Gasteiger partial charge < -0.3 is 15.7 Å². The summed E-state index contributed by atoms with van der Waals surface area (Å²) in [5.41, 5.74) is 14.2. The Labute approximate surface area is 160 Å². The largest absolute Gasteiger partial charge is 0.397 e. The van der Waals surface area contributed by atoms with Gasteiger partial charge in [0.2, 0.25) is 0 Å². The first-order valence-corrected chi connectivity index (χ1v) is 8.05. The van der Waals surface area contributed by atoms with E-state index in [1.165, 1.54) is 0 Å². The van der Waals surface area contributed by atoms with Crippen LogP contribution in [-0.4, -0.2) is 37.3 Å². The van der Waals surface area contributed by atoms with Crippen molar-refractivity contribution in [3.05, 3.63) is 65.2 Å². The van der Waals surface area contributed by atoms with Gasteiger partial charge in [0.05, 0.1) is 34.0 Å². The number of rotatable bonds is 0. The molecule has 0 unspecified atom stereocenters. The molecule has 5 heterocycles. The van der Waals surface area contributed by atoms with Gasteiger partial charge in [0.1, 0.15) is 0 Å². The zero-order valence-corrected chi connectivity index (χ0v) is 15.1. The number of nitrogens with one attached hydrogen (secondary N) is 2. The summed E-state index contributed by atoms with van der Waals surface area (Å²) in [6.45, 7) is 0. The average molecular weight is 352 g/mol. The van der Waals surface area contributed by atoms with Crippen molar-refractivity contribution >= 4 is 69.4 Å². The Morgan fingerprint density at radius 2 is 1.12 bits per heavy atom. The minimum atomic E-state index is 0. The predicted octanol–water partition coefficient (Wildman–Crippen LogP) is 3.86. The highest BCUT2D eigenvalue weighted by atomic mass is 27.0. The lowest BCUT2D eigenvalue weighted by atomic mass is 10.3. The molecule has 0 amide bonds. The fourth-order valence-corrected chi connectivity index (χ4v) is 3.04. The quantitative estimate of drug-likeness (QED) is 0.370. The van der Waals surface area contributed by atoms with Gasteiger partial charge in [-0.15, -0.1) is 0 Å². The van der Waals surface area contributed by atoms with Gasteiger partial charge in [-0.3, -0.25) is 0 Å². The molecule has 4 N–H and O–H groups in total. The smallest absolute Gasteiger partial charge is 0.0659 e. The van der Waals surface area contributed by atoms with Crippen molar-refractivity contribution in [2.24, 2.45) is 0 Å². The average Bonchev–Trinajstić information content (AvgIpc) is 3.33. The second-order valence-electron chi connectivity index (χ2n) is 6.13. The second-order valence-corrected chi connectivity index (χ2v) is 6.13. The Morgan fingerprint density at radius 1 is 0.615 bits per heavy atom. The molecule has 6 heteroatoms. The zero-order chi connectivity index (χ0) is 16.8. The molecule has 3 radical (unpaired) electrons. The van der Waals surface area contributed by atoms with E-state index in [0.717, 1.165) is 44.8 Å². The minimum Gasteiger partial charge on any atom is -0.397 e. The van der Waals surface area contributed by atoms with E-state index in [9.17, 15) is 0 Å². The third-order valence-corrected chi connectivity index (χ3v) is 4.20. The van der Waals surface area contributed by atoms with Crippen LogP contribution in [0.15, 0.2) is 42.5 Å². The van der Waals surface area contributed by atoms with Crippen LogP contribution in [0.4, 0.5) is 5.69 Å². The maximum absolute atomic E-state index is 6.13. The van der Waals surface area contributed by atoms with Crippen molar-refractivity contribution in [2.75, 3.05) is 5.73 Å². The molecule has 123 valence electrons. The summed E-state index contributed by atoms with van der Waals surface area (Å²) in [6, 6.07) is 14.0. The first kappa shape index (κ1) is 16.4. The highest BCUT2D eigenvalue weighted by Crippen LogP contribution is 2.20. The molecule has 0 aromatic carbocycles. The number of hydrogen-bond acceptors (Lipinski definition) is 3. The van der Waals surface area contributed by atoms with Crippen LogP contribution >= 0.6 is 0 Å². The van der Waals surface area contributed by atoms with E-state index in [4.69, 9.17) is 5.73 Å². The van der Waals surface area contributed by atoms with Crippen molar-refractivity contribution in [2.45, 2.75) is 0 Å². The standard InChI is InChI=1S/C20H15N5.Al/c21-19-10-18-9-16-4-3-14(23-16)7-12-1-2-13(22-12)8-15-5-6-17(24-15)11-20(19)25-18;/h1-11,22,25H,21H2;. The number of nitrogen functional groups attached to an aromatic ring is 1. The van der Waals surface area contributed by atoms with E-state index in [0.29, 0.717) is 5.69 Å². The third-order valence-electron chi connectivity index (χ3n) is 4.20. The van der Waals surface area contributed by atoms with Gasteiger partial charge in [0.15, 0.2) is 0 Å². The lowest BCUT2D eigenvalue weighted by Crippen LogP contribution is -1.80. The number of aromatic amines is 2. The molecule has 3 aromatic heterocycles. The minimum absolute atomic E-state index is 0. The van der Waals surface area contributed by atoms with Gasteiger partial charge in [-0.2, -0.15) is 0 Å². The van der Waals surface area contributed by atoms with Crippen LogP contribution in [0, 0.1) is 0 Å². The van der Waals surface area contributed by atoms with Gasteiger partial charge in [0, 0.05) is 33.9 Å². The summed E-state index contributed by atoms with van der Waals surface area (Å²) in [5, 5.41) is 0. The Hall–Kier alpha value is -3.07. The molecular formula is C20H15AlN5. The lowest BCUT2D eigenvalue weighted by Gasteiger charge is -1.86. The van der Waals surface area contributed by atoms with E-state index in [-0.39, 0.29) is 17.4 Å². The number of aromatic nitrogens is 4. The number of anilines is 1. The van der Waals surface area contributed by atoms with Crippen LogP contribution in [-0.2, 0) is 0 Å². The molecule has 0 fully saturated rings. The highest BCUT2D eigenvalue weighted by molar-refractivity contribution is 5.82. The first-order valence-electron chi connectivity index (χ1n) is 8.05. The van der Waals surface area contributed by atoms with Crippen LogP contribution in [0.3, 0.4) is 0 Å². The molecule has 8 bridgehead atoms. The zero-order valence-electron chi connectivity index (χ0n) is 13.9. The van der Waals surface area contributed by atoms with Gasteiger partial charge in [-0.05, 0) is 66.8 Å². The maximum atomic E-state index is 6.13. The monoisotopic (exact) mass is 352 g/mol. The molecule has 2 aliphatic heterocycles. The van der Waals surface area contributed by atoms with Crippen LogP contribution < -0.4 is 5.73 Å². The van der Waals surface area contributed by atoms with Gasteiger partial charge in [-0.1, -0.05) is 0 Å². The summed E-state index contributed by atoms with van der Waals surface area (Å²) >= 11 is 0. The fraction of sp³-hybridized carbons (Fsp3) is 0. The molecule has 0 saturated carbocycles. The van der Waals surface area contributed by atoms with E-state index in [1.807, 2.05) is 66.8 Å². The van der Waals surface area contributed by atoms with Crippen molar-refractivity contribution in [3.8, 4) is 0 Å². The third kappa shape index (κ3) is 3.08. The molecule has 3 aromatic rings. The SMILES string of the molecule is Nc1cc2cc3nc(cc4ccc(cc5nc(cc1[nH]2)C=C5)[nH]4)C=C3.[Al]. The van der Waals surface area contributed by atoms with E-state index < -0.39 is 0 Å². The van der Waals surface area contributed by atoms with Crippen molar-refractivity contribution in [1.29, 1.82) is 0 Å². The van der Waals surface area contributed by atoms with Crippen LogP contribution in [0.25, 0.3) is 46.4 Å². The molecule has 26 heavy (non-hydrogen) atoms. The number of nitrogens with zero attached hydrogens (tertiary/aromatic N) is 2. The van der Waals surface area contributed by atoms with Gasteiger partial charge in [-0.25, -0.2) is 9.97 Å². The number of hydrogen-bond donors (Lipinski definition) is 3. The number of nitrogens with two attached hydrogens (primary N) is 1. The molecule has 0 aliphatic carbocycles. The molecule has 0 saturated heterocycles. The number of H-pyrrole nitrogens is 2. The second kappa shape index (κ2) is 6.34. The lowest BCUT2D eigenvalue weighted by molar-refractivity contribution is 1.31. The first-order chi connectivity index (χ1) is 12.2. The molecule has 5 nitrogen and oxygen atoms in total. The Balaban J connectivity index is 0.00000168. The Morgan fingerprint density at radius 3 is 1.69 bits per heavy atom. The van der Waals surface area contributed by atoms with Gasteiger partial charge in [0.25, 0.3) is 0 Å². The summed E-state index contributed by atoms with van der Waals surface area (Å²) in [4.78, 5) is 15.9. The van der Waals surface area contributed by atoms with Gasteiger partial charge >= 0.3 is 0 Å². The summed E-state index contributed by atoms with van der Waals surface area (Å²) in [5.74, 6) is 0. The van der Waals surface area contributed by atoms with Crippen LogP contribution in [0.1, 0.15) is 22.8 Å². The topological polar surface area (TPSA) is 83.4 Å². The Bertz CT molecular complexity index is 1210. The van der Waals surface area contributed by atoms with Crippen molar-refractivity contribution in [3.63, 3.8) is 0 Å². The van der Waals surface area contributed by atoms with E-state index in [2.05, 4.69) is 19.9 Å². The van der Waals surface area contributed by atoms with Crippen LogP contribution in [0.2, 0.25) is 0 Å². The summed E-state index contributed by atoms with van der Waals surface area (Å²) < 4.78 is 0. The Kier molecular flexibility index (Phi) is 4.00. The highest BCUT2D eigenvalue weighted by Gasteiger charge is 2.03.